The van der Waals surface area contributed by atoms with Crippen molar-refractivity contribution in [2.45, 2.75) is 26.3 Å². The lowest BCUT2D eigenvalue weighted by Gasteiger charge is -2.15. The van der Waals surface area contributed by atoms with Gasteiger partial charge in [0.25, 0.3) is 0 Å². The minimum absolute atomic E-state index is 0. The van der Waals surface area contributed by atoms with E-state index in [0.29, 0.717) is 18.0 Å². The Morgan fingerprint density at radius 3 is 2.58 bits per heavy atom. The number of hydrogen-bond acceptors (Lipinski definition) is 3. The van der Waals surface area contributed by atoms with Crippen LogP contribution in [0.2, 0.25) is 0 Å². The summed E-state index contributed by atoms with van der Waals surface area (Å²) in [5.41, 5.74) is 3.12. The first-order valence-electron chi connectivity index (χ1n) is 7.76. The second-order valence-corrected chi connectivity index (χ2v) is 6.12. The Morgan fingerprint density at radius 1 is 1.25 bits per heavy atom. The normalized spacial score (nSPS) is 12.0. The van der Waals surface area contributed by atoms with Crippen LogP contribution in [0.15, 0.2) is 46.1 Å². The molecule has 1 aromatic carbocycles. The number of rotatable bonds is 6. The van der Waals surface area contributed by atoms with Gasteiger partial charge in [-0.3, -0.25) is 0 Å². The largest absolute Gasteiger partial charge is 0.357 e. The third-order valence-electron chi connectivity index (χ3n) is 3.53. The van der Waals surface area contributed by atoms with E-state index in [0.717, 1.165) is 24.6 Å². The second kappa shape index (κ2) is 11.0. The molecule has 0 bridgehead atoms. The van der Waals surface area contributed by atoms with Crippen molar-refractivity contribution in [3.63, 3.8) is 0 Å². The summed E-state index contributed by atoms with van der Waals surface area (Å²) >= 11 is 1.73. The number of aliphatic imine (C=N–C) groups is 1. The van der Waals surface area contributed by atoms with E-state index in [9.17, 15) is 0 Å². The number of benzene rings is 1. The maximum atomic E-state index is 8.82. The van der Waals surface area contributed by atoms with Crippen LogP contribution in [0.5, 0.6) is 0 Å². The van der Waals surface area contributed by atoms with Crippen molar-refractivity contribution in [3.8, 4) is 6.07 Å². The number of hydrogen-bond donors (Lipinski definition) is 2. The summed E-state index contributed by atoms with van der Waals surface area (Å²) in [6.45, 7) is 6.52. The van der Waals surface area contributed by atoms with Gasteiger partial charge in [-0.25, -0.2) is 4.99 Å². The predicted molar refractivity (Wildman–Crippen MR) is 112 cm³/mol. The summed E-state index contributed by atoms with van der Waals surface area (Å²) in [5.74, 6) is 1.26. The van der Waals surface area contributed by atoms with E-state index in [1.54, 1.807) is 11.3 Å². The van der Waals surface area contributed by atoms with Gasteiger partial charge in [-0.15, -0.1) is 24.0 Å². The molecule has 1 unspecified atom stereocenters. The number of nitrogens with zero attached hydrogens (tertiary/aromatic N) is 2. The molecule has 6 heteroatoms. The van der Waals surface area contributed by atoms with Crippen molar-refractivity contribution in [2.75, 3.05) is 13.1 Å². The molecule has 0 saturated carbocycles. The zero-order chi connectivity index (χ0) is 16.5. The number of nitrogens with one attached hydrogen (secondary N) is 2. The maximum Gasteiger partial charge on any atom is 0.191 e. The molecule has 0 saturated heterocycles. The van der Waals surface area contributed by atoms with Crippen molar-refractivity contribution >= 4 is 41.3 Å². The first kappa shape index (κ1) is 20.5. The Hall–Kier alpha value is -1.59. The van der Waals surface area contributed by atoms with Crippen LogP contribution in [0, 0.1) is 11.3 Å². The van der Waals surface area contributed by atoms with Crippen molar-refractivity contribution in [2.24, 2.45) is 4.99 Å². The molecule has 1 heterocycles. The molecule has 0 amide bonds. The van der Waals surface area contributed by atoms with Gasteiger partial charge < -0.3 is 10.6 Å². The lowest BCUT2D eigenvalue weighted by molar-refractivity contribution is 0.701. The van der Waals surface area contributed by atoms with Crippen LogP contribution in [0.25, 0.3) is 0 Å². The van der Waals surface area contributed by atoms with Gasteiger partial charge in [0, 0.05) is 13.1 Å². The van der Waals surface area contributed by atoms with Gasteiger partial charge >= 0.3 is 0 Å². The fourth-order valence-corrected chi connectivity index (χ4v) is 2.90. The molecule has 1 aromatic heterocycles. The van der Waals surface area contributed by atoms with Crippen molar-refractivity contribution in [1.82, 2.24) is 10.6 Å². The van der Waals surface area contributed by atoms with Crippen LogP contribution in [0.3, 0.4) is 0 Å². The minimum Gasteiger partial charge on any atom is -0.357 e. The van der Waals surface area contributed by atoms with Crippen LogP contribution in [0.4, 0.5) is 0 Å². The average Bonchev–Trinajstić information content (AvgIpc) is 3.12. The summed E-state index contributed by atoms with van der Waals surface area (Å²) in [6, 6.07) is 11.8. The highest BCUT2D eigenvalue weighted by Crippen LogP contribution is 2.17. The molecule has 4 nitrogen and oxygen atoms in total. The predicted octanol–water partition coefficient (Wildman–Crippen LogP) is 4.10. The van der Waals surface area contributed by atoms with Gasteiger partial charge in [-0.05, 0) is 52.9 Å². The summed E-state index contributed by atoms with van der Waals surface area (Å²) < 4.78 is 0. The molecular formula is C18H23IN4S. The van der Waals surface area contributed by atoms with Crippen LogP contribution in [0.1, 0.15) is 36.5 Å². The molecular weight excluding hydrogens is 431 g/mol. The molecule has 1 atom stereocenters. The van der Waals surface area contributed by atoms with Crippen LogP contribution >= 0.6 is 35.3 Å². The van der Waals surface area contributed by atoms with Gasteiger partial charge in [0.15, 0.2) is 5.96 Å². The summed E-state index contributed by atoms with van der Waals surface area (Å²) in [4.78, 5) is 4.61. The molecule has 128 valence electrons. The Labute approximate surface area is 165 Å². The van der Waals surface area contributed by atoms with E-state index < -0.39 is 0 Å². The Morgan fingerprint density at radius 2 is 2.00 bits per heavy atom. The lowest BCUT2D eigenvalue weighted by Crippen LogP contribution is -2.39. The smallest absolute Gasteiger partial charge is 0.191 e. The Balaban J connectivity index is 0.00000288. The van der Waals surface area contributed by atoms with E-state index >= 15 is 0 Å². The molecule has 0 fully saturated rings. The van der Waals surface area contributed by atoms with E-state index in [1.165, 1.54) is 5.56 Å². The molecule has 2 aromatic rings. The molecule has 0 aliphatic heterocycles. The minimum atomic E-state index is 0. The van der Waals surface area contributed by atoms with Gasteiger partial charge in [-0.2, -0.15) is 16.6 Å². The number of guanidine groups is 1. The van der Waals surface area contributed by atoms with Crippen molar-refractivity contribution < 1.29 is 0 Å². The van der Waals surface area contributed by atoms with Crippen LogP contribution in [-0.2, 0) is 6.54 Å². The van der Waals surface area contributed by atoms with Crippen LogP contribution in [-0.4, -0.2) is 19.0 Å². The first-order chi connectivity index (χ1) is 11.2. The third kappa shape index (κ3) is 6.49. The van der Waals surface area contributed by atoms with E-state index in [2.05, 4.69) is 52.4 Å². The number of thiophene rings is 1. The highest BCUT2D eigenvalue weighted by Gasteiger charge is 2.06. The second-order valence-electron chi connectivity index (χ2n) is 5.34. The highest BCUT2D eigenvalue weighted by atomic mass is 127. The van der Waals surface area contributed by atoms with Crippen molar-refractivity contribution in [3.05, 3.63) is 57.8 Å². The monoisotopic (exact) mass is 454 g/mol. The summed E-state index contributed by atoms with van der Waals surface area (Å²) in [6.07, 6.45) is 0. The molecule has 0 radical (unpaired) electrons. The first-order valence-corrected chi connectivity index (χ1v) is 8.70. The fraction of sp³-hybridized carbons (Fsp3) is 0.333. The van der Waals surface area contributed by atoms with E-state index in [4.69, 9.17) is 5.26 Å². The summed E-state index contributed by atoms with van der Waals surface area (Å²) in [7, 11) is 0. The van der Waals surface area contributed by atoms with Gasteiger partial charge in [0.05, 0.1) is 18.2 Å². The van der Waals surface area contributed by atoms with Gasteiger partial charge in [0.2, 0.25) is 0 Å². The quantitative estimate of drug-likeness (QED) is 0.393. The summed E-state index contributed by atoms with van der Waals surface area (Å²) in [5, 5.41) is 19.8. The molecule has 0 aliphatic carbocycles. The van der Waals surface area contributed by atoms with E-state index in [1.807, 2.05) is 24.3 Å². The average molecular weight is 454 g/mol. The maximum absolute atomic E-state index is 8.82. The molecule has 24 heavy (non-hydrogen) atoms. The lowest BCUT2D eigenvalue weighted by atomic mass is 10.1. The SMILES string of the molecule is CCNC(=NCc1ccc(C#N)cc1)NCC(C)c1ccsc1.I. The van der Waals surface area contributed by atoms with E-state index in [-0.39, 0.29) is 24.0 Å². The number of nitriles is 1. The number of halogens is 1. The van der Waals surface area contributed by atoms with Crippen molar-refractivity contribution in [1.29, 1.82) is 5.26 Å². The molecule has 0 aliphatic rings. The third-order valence-corrected chi connectivity index (χ3v) is 4.24. The zero-order valence-electron chi connectivity index (χ0n) is 14.0. The molecule has 2 N–H and O–H groups in total. The topological polar surface area (TPSA) is 60.2 Å². The van der Waals surface area contributed by atoms with Gasteiger partial charge in [0.1, 0.15) is 0 Å². The molecule has 2 rings (SSSR count). The highest BCUT2D eigenvalue weighted by molar-refractivity contribution is 14.0. The van der Waals surface area contributed by atoms with Gasteiger partial charge in [-0.1, -0.05) is 19.1 Å². The zero-order valence-corrected chi connectivity index (χ0v) is 17.1. The standard InChI is InChI=1S/C18H22N4S.HI/c1-3-20-18(21-11-14(2)17-8-9-23-13-17)22-12-16-6-4-15(10-19)5-7-16;/h4-9,13-14H,3,11-12H2,1-2H3,(H2,20,21,22);1H. The Kier molecular flexibility index (Phi) is 9.42. The molecule has 0 spiro atoms. The Bertz CT molecular complexity index is 659. The fourth-order valence-electron chi connectivity index (χ4n) is 2.12. The van der Waals surface area contributed by atoms with Crippen LogP contribution < -0.4 is 10.6 Å².